The molecule has 3 rings (SSSR count). The predicted octanol–water partition coefficient (Wildman–Crippen LogP) is 10.4. The number of hydrogen-bond acceptors (Lipinski definition) is 2. The van der Waals surface area contributed by atoms with Gasteiger partial charge in [0.1, 0.15) is 0 Å². The predicted molar refractivity (Wildman–Crippen MR) is 171 cm³/mol. The molecule has 2 aromatic carbocycles. The fraction of sp³-hybridized carbons (Fsp3) is 0.595. The monoisotopic (exact) mass is 546 g/mol. The number of nitrogens with zero attached hydrogens (tertiary/aromatic N) is 1. The second-order valence-corrected chi connectivity index (χ2v) is 12.7. The Hall–Kier alpha value is -2.55. The lowest BCUT2D eigenvalue weighted by Gasteiger charge is -2.19. The molecule has 0 aliphatic heterocycles. The largest absolute Gasteiger partial charge is 0.493 e. The van der Waals surface area contributed by atoms with Crippen LogP contribution in [0.1, 0.15) is 128 Å². The molecule has 1 aromatic heterocycles. The SMILES string of the molecule is CCCCCCCCCCCCCCCc1c2cc(OC)c(OC)cc2cc(C)[n+]1-c1ccc(C(C)(C)C)cc1. The molecule has 0 atom stereocenters. The number of ether oxygens (including phenoxy) is 2. The van der Waals surface area contributed by atoms with Gasteiger partial charge in [0.25, 0.3) is 0 Å². The van der Waals surface area contributed by atoms with Crippen molar-refractivity contribution in [1.29, 1.82) is 0 Å². The Morgan fingerprint density at radius 1 is 0.650 bits per heavy atom. The van der Waals surface area contributed by atoms with Gasteiger partial charge in [0.05, 0.1) is 19.6 Å². The van der Waals surface area contributed by atoms with Crippen molar-refractivity contribution >= 4 is 10.8 Å². The van der Waals surface area contributed by atoms with Gasteiger partial charge in [-0.15, -0.1) is 0 Å². The maximum Gasteiger partial charge on any atom is 0.211 e. The second-order valence-electron chi connectivity index (χ2n) is 12.7. The number of fused-ring (bicyclic) bond motifs is 1. The smallest absolute Gasteiger partial charge is 0.211 e. The minimum Gasteiger partial charge on any atom is -0.493 e. The van der Waals surface area contributed by atoms with Crippen LogP contribution in [0.15, 0.2) is 42.5 Å². The van der Waals surface area contributed by atoms with E-state index in [0.717, 1.165) is 17.9 Å². The Morgan fingerprint density at radius 2 is 1.15 bits per heavy atom. The highest BCUT2D eigenvalue weighted by Gasteiger charge is 2.24. The van der Waals surface area contributed by atoms with E-state index in [-0.39, 0.29) is 5.41 Å². The first kappa shape index (κ1) is 32.0. The first-order valence-electron chi connectivity index (χ1n) is 16.0. The molecule has 1 heterocycles. The van der Waals surface area contributed by atoms with Crippen molar-refractivity contribution in [2.24, 2.45) is 0 Å². The van der Waals surface area contributed by atoms with Crippen molar-refractivity contribution in [3.05, 3.63) is 59.4 Å². The Kier molecular flexibility index (Phi) is 12.8. The molecule has 0 amide bonds. The molecule has 3 aromatic rings. The Morgan fingerprint density at radius 3 is 1.65 bits per heavy atom. The van der Waals surface area contributed by atoms with Gasteiger partial charge in [-0.3, -0.25) is 0 Å². The van der Waals surface area contributed by atoms with E-state index in [4.69, 9.17) is 9.47 Å². The molecular formula is C37H56NO2+. The minimum atomic E-state index is 0.142. The van der Waals surface area contributed by atoms with Crippen LogP contribution in [-0.4, -0.2) is 14.2 Å². The standard InChI is InChI=1S/C37H56NO2/c1-8-9-10-11-12-13-14-15-16-17-18-19-20-21-34-33-28-36(40-7)35(39-6)27-30(33)26-29(2)38(34)32-24-22-31(23-25-32)37(3,4)5/h22-28H,8-21H2,1-7H3/q+1. The van der Waals surface area contributed by atoms with Gasteiger partial charge in [-0.1, -0.05) is 117 Å². The third kappa shape index (κ3) is 8.98. The maximum absolute atomic E-state index is 5.72. The molecule has 0 aliphatic carbocycles. The lowest BCUT2D eigenvalue weighted by atomic mass is 9.87. The Bertz CT molecular complexity index is 1170. The summed E-state index contributed by atoms with van der Waals surface area (Å²) in [5.41, 5.74) is 5.34. The zero-order valence-electron chi connectivity index (χ0n) is 26.7. The highest BCUT2D eigenvalue weighted by molar-refractivity contribution is 5.87. The molecule has 0 aliphatic rings. The van der Waals surface area contributed by atoms with Crippen LogP contribution in [0, 0.1) is 6.92 Å². The average molecular weight is 547 g/mol. The van der Waals surface area contributed by atoms with Crippen molar-refractivity contribution in [2.45, 2.75) is 130 Å². The van der Waals surface area contributed by atoms with Gasteiger partial charge in [0, 0.05) is 31.5 Å². The number of benzene rings is 2. The lowest BCUT2D eigenvalue weighted by molar-refractivity contribution is -0.609. The van der Waals surface area contributed by atoms with Crippen LogP contribution in [0.5, 0.6) is 11.5 Å². The summed E-state index contributed by atoms with van der Waals surface area (Å²) < 4.78 is 13.8. The number of rotatable bonds is 17. The first-order chi connectivity index (χ1) is 19.3. The van der Waals surface area contributed by atoms with E-state index in [1.807, 2.05) is 0 Å². The van der Waals surface area contributed by atoms with Crippen molar-refractivity contribution in [3.8, 4) is 17.2 Å². The van der Waals surface area contributed by atoms with Gasteiger partial charge in [-0.05, 0) is 34.9 Å². The molecule has 40 heavy (non-hydrogen) atoms. The first-order valence-corrected chi connectivity index (χ1v) is 16.0. The zero-order chi connectivity index (χ0) is 29.0. The van der Waals surface area contributed by atoms with Gasteiger partial charge in [-0.2, -0.15) is 4.57 Å². The van der Waals surface area contributed by atoms with E-state index in [0.29, 0.717) is 0 Å². The third-order valence-corrected chi connectivity index (χ3v) is 8.36. The van der Waals surface area contributed by atoms with E-state index in [2.05, 4.69) is 81.7 Å². The van der Waals surface area contributed by atoms with Crippen molar-refractivity contribution in [2.75, 3.05) is 14.2 Å². The molecule has 0 spiro atoms. The number of aryl methyl sites for hydroxylation is 2. The Balaban J connectivity index is 1.70. The van der Waals surface area contributed by atoms with Gasteiger partial charge in [0.2, 0.25) is 5.69 Å². The molecule has 0 bridgehead atoms. The van der Waals surface area contributed by atoms with E-state index < -0.39 is 0 Å². The highest BCUT2D eigenvalue weighted by atomic mass is 16.5. The number of hydrogen-bond donors (Lipinski definition) is 0. The fourth-order valence-corrected chi connectivity index (χ4v) is 5.91. The topological polar surface area (TPSA) is 22.3 Å². The highest BCUT2D eigenvalue weighted by Crippen LogP contribution is 2.34. The molecular weight excluding hydrogens is 490 g/mol. The molecule has 3 nitrogen and oxygen atoms in total. The van der Waals surface area contributed by atoms with Gasteiger partial charge >= 0.3 is 0 Å². The van der Waals surface area contributed by atoms with Crippen LogP contribution in [-0.2, 0) is 11.8 Å². The normalized spacial score (nSPS) is 11.8. The molecule has 0 saturated heterocycles. The van der Waals surface area contributed by atoms with E-state index in [1.54, 1.807) is 14.2 Å². The van der Waals surface area contributed by atoms with E-state index in [9.17, 15) is 0 Å². The lowest BCUT2D eigenvalue weighted by Crippen LogP contribution is -2.39. The molecule has 0 saturated carbocycles. The fourth-order valence-electron chi connectivity index (χ4n) is 5.91. The third-order valence-electron chi connectivity index (χ3n) is 8.36. The number of methoxy groups -OCH3 is 2. The van der Waals surface area contributed by atoms with E-state index in [1.165, 1.54) is 117 Å². The van der Waals surface area contributed by atoms with Crippen LogP contribution < -0.4 is 14.0 Å². The summed E-state index contributed by atoms with van der Waals surface area (Å²) in [5.74, 6) is 1.58. The molecule has 220 valence electrons. The summed E-state index contributed by atoms with van der Waals surface area (Å²) in [6.07, 6.45) is 18.9. The van der Waals surface area contributed by atoms with Crippen LogP contribution in [0.3, 0.4) is 0 Å². The van der Waals surface area contributed by atoms with Crippen LogP contribution in [0.2, 0.25) is 0 Å². The molecule has 3 heteroatoms. The minimum absolute atomic E-state index is 0.142. The van der Waals surface area contributed by atoms with Crippen LogP contribution in [0.25, 0.3) is 16.5 Å². The van der Waals surface area contributed by atoms with Gasteiger partial charge in [-0.25, -0.2) is 0 Å². The number of unbranched alkanes of at least 4 members (excludes halogenated alkanes) is 12. The second kappa shape index (κ2) is 16.0. The maximum atomic E-state index is 5.72. The molecule has 0 unspecified atom stereocenters. The summed E-state index contributed by atoms with van der Waals surface area (Å²) in [6, 6.07) is 15.7. The molecule has 0 fully saturated rings. The van der Waals surface area contributed by atoms with Gasteiger partial charge < -0.3 is 9.47 Å². The van der Waals surface area contributed by atoms with Gasteiger partial charge in [0.15, 0.2) is 22.9 Å². The molecule has 0 radical (unpaired) electrons. The summed E-state index contributed by atoms with van der Waals surface area (Å²) in [7, 11) is 3.44. The van der Waals surface area contributed by atoms with Crippen molar-refractivity contribution < 1.29 is 14.0 Å². The van der Waals surface area contributed by atoms with Crippen molar-refractivity contribution in [1.82, 2.24) is 0 Å². The summed E-state index contributed by atoms with van der Waals surface area (Å²) >= 11 is 0. The Labute approximate surface area is 245 Å². The average Bonchev–Trinajstić information content (AvgIpc) is 2.94. The summed E-state index contributed by atoms with van der Waals surface area (Å²) in [4.78, 5) is 0. The van der Waals surface area contributed by atoms with E-state index >= 15 is 0 Å². The van der Waals surface area contributed by atoms with Crippen LogP contribution >= 0.6 is 0 Å². The summed E-state index contributed by atoms with van der Waals surface area (Å²) in [6.45, 7) is 11.3. The zero-order valence-corrected chi connectivity index (χ0v) is 26.7. The number of pyridine rings is 1. The molecule has 0 N–H and O–H groups in total. The van der Waals surface area contributed by atoms with Crippen LogP contribution in [0.4, 0.5) is 0 Å². The number of aromatic nitrogens is 1. The van der Waals surface area contributed by atoms with Crippen molar-refractivity contribution in [3.63, 3.8) is 0 Å². The quantitative estimate of drug-likeness (QED) is 0.124. The summed E-state index contributed by atoms with van der Waals surface area (Å²) in [5, 5.41) is 2.46.